The Bertz CT molecular complexity index is 803. The van der Waals surface area contributed by atoms with Crippen molar-refractivity contribution in [2.75, 3.05) is 6.61 Å². The van der Waals surface area contributed by atoms with Crippen LogP contribution in [-0.4, -0.2) is 35.6 Å². The van der Waals surface area contributed by atoms with Crippen LogP contribution in [-0.2, 0) is 27.5 Å². The third kappa shape index (κ3) is 3.68. The van der Waals surface area contributed by atoms with Gasteiger partial charge in [-0.2, -0.15) is 0 Å². The van der Waals surface area contributed by atoms with Gasteiger partial charge in [0.15, 0.2) is 0 Å². The molecule has 0 aliphatic carbocycles. The van der Waals surface area contributed by atoms with E-state index in [9.17, 15) is 4.79 Å². The van der Waals surface area contributed by atoms with Crippen LogP contribution in [0.2, 0.25) is 0 Å². The molecule has 2 aliphatic heterocycles. The predicted molar refractivity (Wildman–Crippen MR) is 104 cm³/mol. The molecular formula is C23H25NO3. The summed E-state index contributed by atoms with van der Waals surface area (Å²) in [5.74, 6) is 0.127. The summed E-state index contributed by atoms with van der Waals surface area (Å²) in [6.07, 6.45) is 2.77. The largest absolute Gasteiger partial charge is 0.375 e. The molecule has 0 unspecified atom stereocenters. The number of rotatable bonds is 7. The van der Waals surface area contributed by atoms with Crippen LogP contribution in [0.25, 0.3) is 0 Å². The number of hydrogen-bond donors (Lipinski definition) is 0. The van der Waals surface area contributed by atoms with Crippen LogP contribution in [0.15, 0.2) is 72.3 Å². The molecule has 3 atom stereocenters. The van der Waals surface area contributed by atoms with E-state index < -0.39 is 0 Å². The summed E-state index contributed by atoms with van der Waals surface area (Å²) in [5, 5.41) is 0. The van der Waals surface area contributed by atoms with E-state index in [2.05, 4.69) is 12.1 Å². The fourth-order valence-electron chi connectivity index (χ4n) is 4.03. The van der Waals surface area contributed by atoms with E-state index in [0.29, 0.717) is 19.8 Å². The van der Waals surface area contributed by atoms with Crippen LogP contribution in [0.3, 0.4) is 0 Å². The van der Waals surface area contributed by atoms with Gasteiger partial charge in [0, 0.05) is 12.0 Å². The molecule has 2 fully saturated rings. The monoisotopic (exact) mass is 363 g/mol. The van der Waals surface area contributed by atoms with Gasteiger partial charge in [0.2, 0.25) is 0 Å². The van der Waals surface area contributed by atoms with E-state index in [0.717, 1.165) is 23.1 Å². The minimum Gasteiger partial charge on any atom is -0.375 e. The number of β-lactam (4-membered cyclic amide) rings is 1. The summed E-state index contributed by atoms with van der Waals surface area (Å²) in [6, 6.07) is 20.4. The van der Waals surface area contributed by atoms with E-state index >= 15 is 0 Å². The smallest absolute Gasteiger partial charge is 0.252 e. The van der Waals surface area contributed by atoms with Gasteiger partial charge in [0.25, 0.3) is 5.91 Å². The van der Waals surface area contributed by atoms with Crippen molar-refractivity contribution in [2.24, 2.45) is 0 Å². The number of amides is 1. The van der Waals surface area contributed by atoms with Crippen LogP contribution in [0, 0.1) is 0 Å². The Kier molecular flexibility index (Phi) is 5.37. The molecule has 4 rings (SSSR count). The number of ether oxygens (including phenoxy) is 2. The van der Waals surface area contributed by atoms with Crippen molar-refractivity contribution in [1.29, 1.82) is 0 Å². The van der Waals surface area contributed by atoms with Gasteiger partial charge in [-0.15, -0.1) is 0 Å². The average Bonchev–Trinajstić information content (AvgIpc) is 3.02. The summed E-state index contributed by atoms with van der Waals surface area (Å²) >= 11 is 0. The number of nitrogens with zero attached hydrogens (tertiary/aromatic N) is 1. The Morgan fingerprint density at radius 2 is 1.63 bits per heavy atom. The normalized spacial score (nSPS) is 25.5. The topological polar surface area (TPSA) is 38.8 Å². The fourth-order valence-corrected chi connectivity index (χ4v) is 4.03. The number of carbonyl (C=O) groups excluding carboxylic acids is 1. The lowest BCUT2D eigenvalue weighted by Gasteiger charge is -2.41. The highest BCUT2D eigenvalue weighted by Gasteiger charge is 2.54. The third-order valence-corrected chi connectivity index (χ3v) is 5.44. The predicted octanol–water partition coefficient (Wildman–Crippen LogP) is 3.72. The van der Waals surface area contributed by atoms with Gasteiger partial charge >= 0.3 is 0 Å². The number of benzene rings is 2. The van der Waals surface area contributed by atoms with Gasteiger partial charge in [-0.1, -0.05) is 66.7 Å². The van der Waals surface area contributed by atoms with E-state index in [1.54, 1.807) is 0 Å². The van der Waals surface area contributed by atoms with Gasteiger partial charge in [0.05, 0.1) is 38.0 Å². The molecule has 1 amide bonds. The molecule has 0 bridgehead atoms. The van der Waals surface area contributed by atoms with Crippen LogP contribution in [0.4, 0.5) is 0 Å². The van der Waals surface area contributed by atoms with Crippen molar-refractivity contribution >= 4 is 5.91 Å². The van der Waals surface area contributed by atoms with E-state index in [1.165, 1.54) is 0 Å². The Balaban J connectivity index is 1.41. The van der Waals surface area contributed by atoms with E-state index in [4.69, 9.17) is 9.47 Å². The number of allylic oxidation sites excluding steroid dienone is 1. The lowest BCUT2D eigenvalue weighted by Crippen LogP contribution is -2.56. The zero-order valence-electron chi connectivity index (χ0n) is 15.6. The highest BCUT2D eigenvalue weighted by Crippen LogP contribution is 2.40. The average molecular weight is 363 g/mol. The highest BCUT2D eigenvalue weighted by molar-refractivity contribution is 6.02. The molecule has 27 heavy (non-hydrogen) atoms. The summed E-state index contributed by atoms with van der Waals surface area (Å²) in [7, 11) is 0. The van der Waals surface area contributed by atoms with Crippen molar-refractivity contribution in [2.45, 2.75) is 44.7 Å². The zero-order valence-corrected chi connectivity index (χ0v) is 15.6. The molecule has 0 N–H and O–H groups in total. The van der Waals surface area contributed by atoms with Crippen molar-refractivity contribution in [3.05, 3.63) is 83.4 Å². The Morgan fingerprint density at radius 1 is 1.00 bits per heavy atom. The van der Waals surface area contributed by atoms with Crippen LogP contribution in [0.1, 0.15) is 24.5 Å². The molecule has 0 saturated carbocycles. The molecule has 2 saturated heterocycles. The summed E-state index contributed by atoms with van der Waals surface area (Å²) in [4.78, 5) is 14.4. The van der Waals surface area contributed by atoms with Gasteiger partial charge in [0.1, 0.15) is 0 Å². The van der Waals surface area contributed by atoms with Crippen molar-refractivity contribution < 1.29 is 14.3 Å². The maximum absolute atomic E-state index is 12.5. The van der Waals surface area contributed by atoms with Gasteiger partial charge in [-0.3, -0.25) is 4.79 Å². The molecule has 2 heterocycles. The molecule has 0 spiro atoms. The van der Waals surface area contributed by atoms with Gasteiger partial charge in [-0.25, -0.2) is 0 Å². The van der Waals surface area contributed by atoms with Crippen LogP contribution in [0.5, 0.6) is 0 Å². The quantitative estimate of drug-likeness (QED) is 0.556. The lowest BCUT2D eigenvalue weighted by molar-refractivity contribution is -0.140. The minimum atomic E-state index is -0.0291. The Hall–Kier alpha value is -2.43. The molecule has 4 heteroatoms. The first-order chi connectivity index (χ1) is 13.3. The second kappa shape index (κ2) is 8.07. The second-order valence-electron chi connectivity index (χ2n) is 7.11. The highest BCUT2D eigenvalue weighted by atomic mass is 16.5. The maximum atomic E-state index is 12.5. The molecule has 0 radical (unpaired) electrons. The first-order valence-electron chi connectivity index (χ1n) is 9.54. The number of carbonyl (C=O) groups is 1. The molecule has 2 aromatic carbocycles. The second-order valence-corrected chi connectivity index (χ2v) is 7.11. The molecule has 2 aliphatic rings. The summed E-state index contributed by atoms with van der Waals surface area (Å²) in [5.41, 5.74) is 3.19. The van der Waals surface area contributed by atoms with Gasteiger partial charge < -0.3 is 14.4 Å². The SMILES string of the molecule is CC=C1C(=O)N2[C@@H]1C[C@H](OCc1ccccc1)[C@@H]2COCc1ccccc1. The molecule has 0 aromatic heterocycles. The summed E-state index contributed by atoms with van der Waals surface area (Å²) in [6.45, 7) is 3.53. The van der Waals surface area contributed by atoms with E-state index in [-0.39, 0.29) is 24.1 Å². The molecular weight excluding hydrogens is 338 g/mol. The molecule has 140 valence electrons. The standard InChI is InChI=1S/C23H25NO3/c1-2-19-20-13-22(27-15-18-11-7-4-8-12-18)21(24(20)23(19)25)16-26-14-17-9-5-3-6-10-17/h2-12,20-22H,13-16H2,1H3/t20-,21+,22+/m1/s1. The lowest BCUT2D eigenvalue weighted by atomic mass is 9.95. The van der Waals surface area contributed by atoms with Crippen LogP contribution >= 0.6 is 0 Å². The maximum Gasteiger partial charge on any atom is 0.252 e. The Morgan fingerprint density at radius 3 is 2.26 bits per heavy atom. The Labute approximate surface area is 160 Å². The van der Waals surface area contributed by atoms with Crippen LogP contribution < -0.4 is 0 Å². The van der Waals surface area contributed by atoms with Crippen molar-refractivity contribution in [3.8, 4) is 0 Å². The van der Waals surface area contributed by atoms with Crippen molar-refractivity contribution in [1.82, 2.24) is 4.90 Å². The third-order valence-electron chi connectivity index (χ3n) is 5.44. The fraction of sp³-hybridized carbons (Fsp3) is 0.348. The zero-order chi connectivity index (χ0) is 18.6. The number of hydrogen-bond acceptors (Lipinski definition) is 3. The number of fused-ring (bicyclic) bond motifs is 1. The van der Waals surface area contributed by atoms with Gasteiger partial charge in [-0.05, 0) is 18.1 Å². The molecule has 2 aromatic rings. The molecule has 4 nitrogen and oxygen atoms in total. The first kappa shape index (κ1) is 18.0. The van der Waals surface area contributed by atoms with Crippen molar-refractivity contribution in [3.63, 3.8) is 0 Å². The summed E-state index contributed by atoms with van der Waals surface area (Å²) < 4.78 is 12.2. The minimum absolute atomic E-state index is 0.00706. The first-order valence-corrected chi connectivity index (χ1v) is 9.54. The van der Waals surface area contributed by atoms with E-state index in [1.807, 2.05) is 66.4 Å².